The molecule has 0 fully saturated rings. The molecule has 0 aromatic heterocycles. The third kappa shape index (κ3) is 2.96. The van der Waals surface area contributed by atoms with Crippen LogP contribution in [-0.4, -0.2) is 5.91 Å². The summed E-state index contributed by atoms with van der Waals surface area (Å²) in [6, 6.07) is 30.4. The van der Waals surface area contributed by atoms with Crippen LogP contribution in [0, 0.1) is 0 Å². The van der Waals surface area contributed by atoms with Crippen LogP contribution in [0.15, 0.2) is 91.0 Å². The molecule has 1 amide bonds. The van der Waals surface area contributed by atoms with Crippen molar-refractivity contribution in [2.24, 2.45) is 0 Å². The number of amides is 1. The molecule has 0 saturated heterocycles. The topological polar surface area (TPSA) is 67.1 Å². The molecule has 0 saturated carbocycles. The van der Waals surface area contributed by atoms with E-state index in [0.29, 0.717) is 11.3 Å². The van der Waals surface area contributed by atoms with Crippen molar-refractivity contribution in [3.63, 3.8) is 0 Å². The summed E-state index contributed by atoms with van der Waals surface area (Å²) in [6.45, 7) is 0. The second-order valence-electron chi connectivity index (χ2n) is 8.21. The van der Waals surface area contributed by atoms with Crippen LogP contribution in [-0.2, 0) is 11.2 Å². The quantitative estimate of drug-likeness (QED) is 0.259. The van der Waals surface area contributed by atoms with Crippen LogP contribution < -0.4 is 16.4 Å². The Balaban J connectivity index is 1.48. The molecule has 0 atom stereocenters. The molecule has 0 spiro atoms. The molecule has 1 aliphatic carbocycles. The highest BCUT2D eigenvalue weighted by molar-refractivity contribution is 6.37. The molecule has 32 heavy (non-hydrogen) atoms. The van der Waals surface area contributed by atoms with Crippen molar-refractivity contribution in [3.8, 4) is 11.1 Å². The summed E-state index contributed by atoms with van der Waals surface area (Å²) in [5.74, 6) is -0.134. The van der Waals surface area contributed by atoms with Gasteiger partial charge in [-0.2, -0.15) is 0 Å². The van der Waals surface area contributed by atoms with Gasteiger partial charge in [0.1, 0.15) is 0 Å². The summed E-state index contributed by atoms with van der Waals surface area (Å²) in [5.41, 5.74) is 16.7. The fourth-order valence-electron chi connectivity index (χ4n) is 4.68. The average Bonchev–Trinajstić information content (AvgIpc) is 3.34. The highest BCUT2D eigenvalue weighted by Crippen LogP contribution is 2.41. The van der Waals surface area contributed by atoms with Crippen LogP contribution >= 0.6 is 0 Å². The maximum atomic E-state index is 13.0. The number of hydrogen-bond acceptors (Lipinski definition) is 3. The predicted octanol–water partition coefficient (Wildman–Crippen LogP) is 5.77. The van der Waals surface area contributed by atoms with E-state index in [2.05, 4.69) is 53.1 Å². The SMILES string of the molecule is Nc1ccc2c(c1)C(=C(Nc1ccc3c(c1)Cc1ccccc1-3)c1ccccc1)C(=O)N2. The first kappa shape index (κ1) is 18.5. The zero-order chi connectivity index (χ0) is 21.7. The Bertz CT molecular complexity index is 1420. The number of anilines is 3. The second kappa shape index (κ2) is 7.13. The Morgan fingerprint density at radius 1 is 0.781 bits per heavy atom. The maximum Gasteiger partial charge on any atom is 0.258 e. The van der Waals surface area contributed by atoms with Crippen molar-refractivity contribution < 1.29 is 4.79 Å². The van der Waals surface area contributed by atoms with Crippen molar-refractivity contribution >= 4 is 34.2 Å². The molecule has 2 aliphatic rings. The summed E-state index contributed by atoms with van der Waals surface area (Å²) in [4.78, 5) is 13.0. The standard InChI is InChI=1S/C28H21N3O/c29-20-10-13-25-24(16-20)26(28(32)31-25)27(17-6-2-1-3-7-17)30-21-11-12-23-19(15-21)14-18-8-4-5-9-22(18)23/h1-13,15-16,30H,14,29H2,(H,31,32). The van der Waals surface area contributed by atoms with Gasteiger partial charge < -0.3 is 16.4 Å². The number of rotatable bonds is 3. The van der Waals surface area contributed by atoms with Gasteiger partial charge in [0.2, 0.25) is 0 Å². The molecular weight excluding hydrogens is 394 g/mol. The summed E-state index contributed by atoms with van der Waals surface area (Å²) < 4.78 is 0. The minimum absolute atomic E-state index is 0.134. The summed E-state index contributed by atoms with van der Waals surface area (Å²) in [5, 5.41) is 6.53. The van der Waals surface area contributed by atoms with Crippen LogP contribution in [0.3, 0.4) is 0 Å². The fourth-order valence-corrected chi connectivity index (χ4v) is 4.68. The molecule has 4 aromatic carbocycles. The van der Waals surface area contributed by atoms with E-state index in [4.69, 9.17) is 5.73 Å². The minimum atomic E-state index is -0.134. The Labute approximate surface area is 186 Å². The van der Waals surface area contributed by atoms with Crippen LogP contribution in [0.25, 0.3) is 22.4 Å². The third-order valence-electron chi connectivity index (χ3n) is 6.16. The molecule has 6 rings (SSSR count). The fraction of sp³-hybridized carbons (Fsp3) is 0.0357. The van der Waals surface area contributed by atoms with E-state index >= 15 is 0 Å². The van der Waals surface area contributed by atoms with Gasteiger partial charge in [-0.05, 0) is 64.6 Å². The van der Waals surface area contributed by atoms with E-state index in [9.17, 15) is 4.79 Å². The molecule has 1 heterocycles. The number of benzene rings is 4. The van der Waals surface area contributed by atoms with E-state index in [-0.39, 0.29) is 5.91 Å². The molecule has 4 heteroatoms. The molecule has 0 unspecified atom stereocenters. The van der Waals surface area contributed by atoms with Crippen LogP contribution in [0.5, 0.6) is 0 Å². The van der Waals surface area contributed by atoms with Crippen LogP contribution in [0.4, 0.5) is 17.1 Å². The van der Waals surface area contributed by atoms with E-state index in [0.717, 1.165) is 34.6 Å². The van der Waals surface area contributed by atoms with Gasteiger partial charge >= 0.3 is 0 Å². The lowest BCUT2D eigenvalue weighted by Gasteiger charge is -2.16. The largest absolute Gasteiger partial charge is 0.399 e. The first-order valence-electron chi connectivity index (χ1n) is 10.7. The zero-order valence-electron chi connectivity index (χ0n) is 17.4. The molecule has 1 aliphatic heterocycles. The normalized spacial score (nSPS) is 14.9. The van der Waals surface area contributed by atoms with E-state index in [1.165, 1.54) is 22.3 Å². The Kier molecular flexibility index (Phi) is 4.12. The van der Waals surface area contributed by atoms with Gasteiger partial charge in [-0.3, -0.25) is 4.79 Å². The number of nitrogen functional groups attached to an aromatic ring is 1. The first-order chi connectivity index (χ1) is 15.7. The van der Waals surface area contributed by atoms with Gasteiger partial charge in [0, 0.05) is 22.6 Å². The average molecular weight is 415 g/mol. The number of carbonyl (C=O) groups is 1. The minimum Gasteiger partial charge on any atom is -0.399 e. The lowest BCUT2D eigenvalue weighted by molar-refractivity contribution is -0.110. The highest BCUT2D eigenvalue weighted by Gasteiger charge is 2.29. The van der Waals surface area contributed by atoms with E-state index < -0.39 is 0 Å². The van der Waals surface area contributed by atoms with Gasteiger partial charge in [-0.15, -0.1) is 0 Å². The molecule has 4 aromatic rings. The number of hydrogen-bond donors (Lipinski definition) is 3. The van der Waals surface area contributed by atoms with Crippen molar-refractivity contribution in [1.29, 1.82) is 0 Å². The van der Waals surface area contributed by atoms with Crippen LogP contribution in [0.2, 0.25) is 0 Å². The molecular formula is C28H21N3O. The Hall–Kier alpha value is -4.31. The van der Waals surface area contributed by atoms with Crippen molar-refractivity contribution in [3.05, 3.63) is 113 Å². The number of fused-ring (bicyclic) bond motifs is 4. The molecule has 154 valence electrons. The highest BCUT2D eigenvalue weighted by atomic mass is 16.2. The van der Waals surface area contributed by atoms with Gasteiger partial charge in [0.25, 0.3) is 5.91 Å². The van der Waals surface area contributed by atoms with Crippen LogP contribution in [0.1, 0.15) is 22.3 Å². The van der Waals surface area contributed by atoms with Gasteiger partial charge in [-0.25, -0.2) is 0 Å². The molecule has 4 nitrogen and oxygen atoms in total. The monoisotopic (exact) mass is 415 g/mol. The summed E-state index contributed by atoms with van der Waals surface area (Å²) in [7, 11) is 0. The Morgan fingerprint density at radius 2 is 1.56 bits per heavy atom. The van der Waals surface area contributed by atoms with E-state index in [1.54, 1.807) is 6.07 Å². The summed E-state index contributed by atoms with van der Waals surface area (Å²) >= 11 is 0. The molecule has 4 N–H and O–H groups in total. The smallest absolute Gasteiger partial charge is 0.258 e. The first-order valence-corrected chi connectivity index (χ1v) is 10.7. The Morgan fingerprint density at radius 3 is 2.44 bits per heavy atom. The van der Waals surface area contributed by atoms with Gasteiger partial charge in [0.05, 0.1) is 11.3 Å². The van der Waals surface area contributed by atoms with Gasteiger partial charge in [-0.1, -0.05) is 60.7 Å². The van der Waals surface area contributed by atoms with Crippen molar-refractivity contribution in [2.75, 3.05) is 16.4 Å². The third-order valence-corrected chi connectivity index (χ3v) is 6.16. The van der Waals surface area contributed by atoms with Crippen molar-refractivity contribution in [1.82, 2.24) is 0 Å². The van der Waals surface area contributed by atoms with Crippen molar-refractivity contribution in [2.45, 2.75) is 6.42 Å². The zero-order valence-corrected chi connectivity index (χ0v) is 17.4. The number of nitrogens with two attached hydrogens (primary N) is 1. The van der Waals surface area contributed by atoms with E-state index in [1.807, 2.05) is 42.5 Å². The number of nitrogens with one attached hydrogen (secondary N) is 2. The summed E-state index contributed by atoms with van der Waals surface area (Å²) in [6.07, 6.45) is 0.915. The lowest BCUT2D eigenvalue weighted by atomic mass is 9.99. The second-order valence-corrected chi connectivity index (χ2v) is 8.21. The molecule has 0 bridgehead atoms. The predicted molar refractivity (Wildman–Crippen MR) is 131 cm³/mol. The maximum absolute atomic E-state index is 13.0. The molecule has 0 radical (unpaired) electrons. The lowest BCUT2D eigenvalue weighted by Crippen LogP contribution is -2.10. The van der Waals surface area contributed by atoms with Gasteiger partial charge in [0.15, 0.2) is 0 Å². The number of carbonyl (C=O) groups excluding carboxylic acids is 1.